The molecule has 0 spiro atoms. The minimum absolute atomic E-state index is 0. The van der Waals surface area contributed by atoms with E-state index in [0.717, 1.165) is 30.8 Å². The van der Waals surface area contributed by atoms with Gasteiger partial charge in [-0.1, -0.05) is 35.9 Å². The van der Waals surface area contributed by atoms with E-state index < -0.39 is 0 Å². The Morgan fingerprint density at radius 1 is 1.26 bits per heavy atom. The van der Waals surface area contributed by atoms with Crippen LogP contribution in [0.5, 0.6) is 0 Å². The predicted octanol–water partition coefficient (Wildman–Crippen LogP) is 4.18. The van der Waals surface area contributed by atoms with Gasteiger partial charge >= 0.3 is 0 Å². The molecule has 2 aromatic rings. The molecule has 120 valence electrons. The summed E-state index contributed by atoms with van der Waals surface area (Å²) in [5, 5.41) is 2.23. The van der Waals surface area contributed by atoms with Gasteiger partial charge in [-0.15, -0.1) is 12.4 Å². The Morgan fingerprint density at radius 3 is 2.96 bits per heavy atom. The van der Waals surface area contributed by atoms with Gasteiger partial charge in [0, 0.05) is 40.0 Å². The Morgan fingerprint density at radius 2 is 2.09 bits per heavy atom. The summed E-state index contributed by atoms with van der Waals surface area (Å²) in [6.07, 6.45) is 4.60. The summed E-state index contributed by atoms with van der Waals surface area (Å²) in [7, 11) is 0. The minimum Gasteiger partial charge on any atom is -0.356 e. The van der Waals surface area contributed by atoms with Gasteiger partial charge in [0.2, 0.25) is 5.91 Å². The van der Waals surface area contributed by atoms with E-state index in [9.17, 15) is 4.79 Å². The van der Waals surface area contributed by atoms with E-state index in [4.69, 9.17) is 11.6 Å². The first-order valence-electron chi connectivity index (χ1n) is 7.98. The number of H-pyrrole nitrogens is 1. The fourth-order valence-corrected chi connectivity index (χ4v) is 4.94. The number of benzene rings is 1. The number of hydrogen-bond donors (Lipinski definition) is 1. The van der Waals surface area contributed by atoms with Crippen LogP contribution in [-0.2, 0) is 11.2 Å². The maximum atomic E-state index is 12.7. The van der Waals surface area contributed by atoms with Gasteiger partial charge in [0.15, 0.2) is 0 Å². The van der Waals surface area contributed by atoms with E-state index in [-0.39, 0.29) is 24.4 Å². The van der Waals surface area contributed by atoms with Gasteiger partial charge in [-0.2, -0.15) is 0 Å². The summed E-state index contributed by atoms with van der Waals surface area (Å²) in [5.41, 5.74) is 3.83. The molecule has 23 heavy (non-hydrogen) atoms. The Kier molecular flexibility index (Phi) is 3.47. The van der Waals surface area contributed by atoms with E-state index in [1.807, 2.05) is 6.08 Å². The topological polar surface area (TPSA) is 36.1 Å². The number of aromatic nitrogens is 1. The molecule has 1 amide bonds. The number of hydrogen-bond acceptors (Lipinski definition) is 1. The van der Waals surface area contributed by atoms with Crippen LogP contribution >= 0.6 is 24.0 Å². The average molecular weight is 349 g/mol. The second kappa shape index (κ2) is 5.29. The molecule has 3 unspecified atom stereocenters. The molecule has 3 heterocycles. The highest BCUT2D eigenvalue weighted by Crippen LogP contribution is 2.51. The lowest BCUT2D eigenvalue weighted by atomic mass is 9.79. The maximum absolute atomic E-state index is 12.7. The van der Waals surface area contributed by atoms with Gasteiger partial charge in [0.25, 0.3) is 0 Å². The number of para-hydroxylation sites is 1. The molecule has 1 N–H and O–H groups in total. The Bertz CT molecular complexity index is 826. The number of fused-ring (bicyclic) bond motifs is 7. The van der Waals surface area contributed by atoms with Crippen molar-refractivity contribution in [2.75, 3.05) is 6.54 Å². The van der Waals surface area contributed by atoms with Crippen LogP contribution < -0.4 is 0 Å². The molecule has 3 aliphatic rings. The van der Waals surface area contributed by atoms with Crippen molar-refractivity contribution in [1.82, 2.24) is 9.88 Å². The molecular formula is C18H18Cl2N2O. The molecular weight excluding hydrogens is 331 g/mol. The van der Waals surface area contributed by atoms with Gasteiger partial charge < -0.3 is 9.88 Å². The number of nitrogens with zero attached hydrogens (tertiary/aromatic N) is 1. The molecule has 1 aromatic carbocycles. The number of allylic oxidation sites excluding steroid dienone is 2. The summed E-state index contributed by atoms with van der Waals surface area (Å²) in [6, 6.07) is 8.63. The number of nitrogens with one attached hydrogen (secondary N) is 1. The standard InChI is InChI=1S/C18H17ClN2O.ClH/c19-10-5-6-13-14(9-10)17-16-12(7-8-21(17)18(13)22)11-3-1-2-4-15(11)20-16;/h1-5,13-14,17,20H,6-9H2;1H. The normalized spacial score (nSPS) is 28.7. The van der Waals surface area contributed by atoms with E-state index in [2.05, 4.69) is 34.1 Å². The lowest BCUT2D eigenvalue weighted by Crippen LogP contribution is -2.35. The zero-order valence-corrected chi connectivity index (χ0v) is 14.2. The smallest absolute Gasteiger partial charge is 0.226 e. The molecule has 2 aliphatic heterocycles. The van der Waals surface area contributed by atoms with E-state index in [1.165, 1.54) is 22.2 Å². The number of halogens is 2. The van der Waals surface area contributed by atoms with Crippen LogP contribution in [0.1, 0.15) is 30.1 Å². The lowest BCUT2D eigenvalue weighted by Gasteiger charge is -2.33. The monoisotopic (exact) mass is 348 g/mol. The highest BCUT2D eigenvalue weighted by atomic mass is 35.5. The van der Waals surface area contributed by atoms with Crippen LogP contribution in [0.25, 0.3) is 10.9 Å². The van der Waals surface area contributed by atoms with E-state index in [0.29, 0.717) is 11.8 Å². The second-order valence-electron chi connectivity index (χ2n) is 6.65. The average Bonchev–Trinajstić information content (AvgIpc) is 3.03. The first-order valence-corrected chi connectivity index (χ1v) is 8.36. The Labute approximate surface area is 146 Å². The summed E-state index contributed by atoms with van der Waals surface area (Å²) in [4.78, 5) is 18.4. The third-order valence-electron chi connectivity index (χ3n) is 5.63. The highest BCUT2D eigenvalue weighted by Gasteiger charge is 2.51. The molecule has 5 heteroatoms. The fraction of sp³-hybridized carbons (Fsp3) is 0.389. The predicted molar refractivity (Wildman–Crippen MR) is 93.9 cm³/mol. The van der Waals surface area contributed by atoms with Gasteiger partial charge in [-0.25, -0.2) is 0 Å². The SMILES string of the molecule is Cl.O=C1C2CC=C(Cl)CC2C2c3[nH]c4ccccc4c3CCN12. The quantitative estimate of drug-likeness (QED) is 0.761. The third kappa shape index (κ3) is 1.99. The van der Waals surface area contributed by atoms with E-state index in [1.54, 1.807) is 0 Å². The highest BCUT2D eigenvalue weighted by molar-refractivity contribution is 6.29. The van der Waals surface area contributed by atoms with Crippen LogP contribution in [-0.4, -0.2) is 22.3 Å². The van der Waals surface area contributed by atoms with Crippen LogP contribution in [0.2, 0.25) is 0 Å². The van der Waals surface area contributed by atoms with Gasteiger partial charge in [0.05, 0.1) is 6.04 Å². The minimum atomic E-state index is 0. The van der Waals surface area contributed by atoms with Crippen molar-refractivity contribution < 1.29 is 4.79 Å². The van der Waals surface area contributed by atoms with Crippen molar-refractivity contribution in [2.45, 2.75) is 25.3 Å². The van der Waals surface area contributed by atoms with Crippen molar-refractivity contribution >= 4 is 40.8 Å². The van der Waals surface area contributed by atoms with Crippen molar-refractivity contribution in [3.05, 3.63) is 46.6 Å². The molecule has 1 fully saturated rings. The van der Waals surface area contributed by atoms with Crippen molar-refractivity contribution in [3.63, 3.8) is 0 Å². The molecule has 0 bridgehead atoms. The Hall–Kier alpha value is -1.45. The van der Waals surface area contributed by atoms with Gasteiger partial charge in [-0.05, 0) is 30.9 Å². The first-order chi connectivity index (χ1) is 10.7. The van der Waals surface area contributed by atoms with Gasteiger partial charge in [-0.3, -0.25) is 4.79 Å². The molecule has 3 nitrogen and oxygen atoms in total. The molecule has 1 aromatic heterocycles. The lowest BCUT2D eigenvalue weighted by molar-refractivity contribution is -0.132. The summed E-state index contributed by atoms with van der Waals surface area (Å²) < 4.78 is 0. The summed E-state index contributed by atoms with van der Waals surface area (Å²) in [5.74, 6) is 0.752. The summed E-state index contributed by atoms with van der Waals surface area (Å²) >= 11 is 6.29. The number of rotatable bonds is 0. The fourth-order valence-electron chi connectivity index (χ4n) is 4.67. The Balaban J connectivity index is 0.00000135. The number of carbonyl (C=O) groups excluding carboxylic acids is 1. The van der Waals surface area contributed by atoms with Crippen LogP contribution in [0.4, 0.5) is 0 Å². The van der Waals surface area contributed by atoms with Crippen molar-refractivity contribution in [1.29, 1.82) is 0 Å². The molecule has 3 atom stereocenters. The largest absolute Gasteiger partial charge is 0.356 e. The molecule has 0 saturated carbocycles. The molecule has 1 aliphatic carbocycles. The second-order valence-corrected chi connectivity index (χ2v) is 7.14. The third-order valence-corrected chi connectivity index (χ3v) is 5.94. The number of amides is 1. The maximum Gasteiger partial charge on any atom is 0.226 e. The summed E-state index contributed by atoms with van der Waals surface area (Å²) in [6.45, 7) is 0.836. The van der Waals surface area contributed by atoms with Crippen LogP contribution in [0, 0.1) is 11.8 Å². The van der Waals surface area contributed by atoms with Crippen LogP contribution in [0.3, 0.4) is 0 Å². The van der Waals surface area contributed by atoms with Gasteiger partial charge in [0.1, 0.15) is 0 Å². The zero-order chi connectivity index (χ0) is 14.8. The molecule has 1 saturated heterocycles. The first kappa shape index (κ1) is 15.1. The molecule has 5 rings (SSSR count). The number of carbonyl (C=O) groups is 1. The molecule has 0 radical (unpaired) electrons. The van der Waals surface area contributed by atoms with Crippen LogP contribution in [0.15, 0.2) is 35.4 Å². The van der Waals surface area contributed by atoms with Crippen molar-refractivity contribution in [2.24, 2.45) is 11.8 Å². The van der Waals surface area contributed by atoms with E-state index >= 15 is 0 Å². The number of aromatic amines is 1. The zero-order valence-electron chi connectivity index (χ0n) is 12.6. The van der Waals surface area contributed by atoms with Crippen molar-refractivity contribution in [3.8, 4) is 0 Å².